The van der Waals surface area contributed by atoms with E-state index in [9.17, 15) is 18.0 Å². The van der Waals surface area contributed by atoms with Crippen LogP contribution < -0.4 is 10.6 Å². The van der Waals surface area contributed by atoms with E-state index >= 15 is 0 Å². The van der Waals surface area contributed by atoms with Gasteiger partial charge in [0.1, 0.15) is 6.61 Å². The van der Waals surface area contributed by atoms with E-state index < -0.39 is 18.8 Å². The lowest BCUT2D eigenvalue weighted by atomic mass is 9.97. The van der Waals surface area contributed by atoms with E-state index in [1.165, 1.54) is 0 Å². The predicted molar refractivity (Wildman–Crippen MR) is 60.1 cm³/mol. The summed E-state index contributed by atoms with van der Waals surface area (Å²) in [6.07, 6.45) is -2.79. The molecule has 0 saturated carbocycles. The molecule has 2 N–H and O–H groups in total. The van der Waals surface area contributed by atoms with Crippen LogP contribution in [-0.2, 0) is 9.53 Å². The zero-order valence-electron chi connectivity index (χ0n) is 10.3. The molecule has 1 aliphatic heterocycles. The lowest BCUT2D eigenvalue weighted by Crippen LogP contribution is -2.43. The molecule has 0 radical (unpaired) electrons. The molecule has 0 aromatic heterocycles. The maximum Gasteiger partial charge on any atom is 0.411 e. The van der Waals surface area contributed by atoms with Crippen LogP contribution in [0.2, 0.25) is 0 Å². The Labute approximate surface area is 104 Å². The fraction of sp³-hybridized carbons (Fsp3) is 0.909. The van der Waals surface area contributed by atoms with Crippen LogP contribution in [-0.4, -0.2) is 44.4 Å². The van der Waals surface area contributed by atoms with Gasteiger partial charge < -0.3 is 15.4 Å². The first-order chi connectivity index (χ1) is 8.38. The fourth-order valence-corrected chi connectivity index (χ4v) is 1.84. The molecule has 7 heteroatoms. The Morgan fingerprint density at radius 2 is 2.06 bits per heavy atom. The summed E-state index contributed by atoms with van der Waals surface area (Å²) < 4.78 is 40.0. The summed E-state index contributed by atoms with van der Waals surface area (Å²) in [6, 6.07) is -0.408. The van der Waals surface area contributed by atoms with E-state index in [-0.39, 0.29) is 18.4 Å². The van der Waals surface area contributed by atoms with Crippen molar-refractivity contribution in [3.63, 3.8) is 0 Å². The van der Waals surface area contributed by atoms with Crippen LogP contribution in [0, 0.1) is 5.92 Å². The summed E-state index contributed by atoms with van der Waals surface area (Å²) in [5, 5.41) is 5.82. The molecule has 0 spiro atoms. The van der Waals surface area contributed by atoms with Gasteiger partial charge in [0.15, 0.2) is 0 Å². The van der Waals surface area contributed by atoms with Gasteiger partial charge in [-0.05, 0) is 32.9 Å². The van der Waals surface area contributed by atoms with Crippen LogP contribution >= 0.6 is 0 Å². The minimum absolute atomic E-state index is 0.0451. The van der Waals surface area contributed by atoms with Gasteiger partial charge in [-0.25, -0.2) is 0 Å². The van der Waals surface area contributed by atoms with Crippen molar-refractivity contribution in [2.45, 2.75) is 32.0 Å². The topological polar surface area (TPSA) is 50.4 Å². The number of nitrogens with one attached hydrogen (secondary N) is 2. The number of hydrogen-bond donors (Lipinski definition) is 2. The molecule has 0 aromatic carbocycles. The summed E-state index contributed by atoms with van der Waals surface area (Å²) in [5.41, 5.74) is 0. The van der Waals surface area contributed by atoms with Gasteiger partial charge >= 0.3 is 6.18 Å². The summed E-state index contributed by atoms with van der Waals surface area (Å²) in [6.45, 7) is 1.83. The smallest absolute Gasteiger partial charge is 0.370 e. The highest BCUT2D eigenvalue weighted by molar-refractivity contribution is 5.79. The number of piperidine rings is 1. The zero-order valence-corrected chi connectivity index (χ0v) is 10.3. The van der Waals surface area contributed by atoms with Crippen molar-refractivity contribution < 1.29 is 22.7 Å². The monoisotopic (exact) mass is 268 g/mol. The quantitative estimate of drug-likeness (QED) is 0.784. The van der Waals surface area contributed by atoms with Crippen molar-refractivity contribution in [2.75, 3.05) is 26.3 Å². The van der Waals surface area contributed by atoms with Crippen molar-refractivity contribution in [1.29, 1.82) is 0 Å². The fourth-order valence-electron chi connectivity index (χ4n) is 1.84. The van der Waals surface area contributed by atoms with E-state index in [0.29, 0.717) is 0 Å². The molecule has 4 nitrogen and oxygen atoms in total. The molecule has 0 bridgehead atoms. The highest BCUT2D eigenvalue weighted by atomic mass is 19.4. The number of halogens is 3. The highest BCUT2D eigenvalue weighted by Crippen LogP contribution is 2.15. The molecule has 1 unspecified atom stereocenters. The number of carbonyl (C=O) groups is 1. The first-order valence-electron chi connectivity index (χ1n) is 6.04. The van der Waals surface area contributed by atoms with Crippen molar-refractivity contribution in [3.8, 4) is 0 Å². The second-order valence-corrected chi connectivity index (χ2v) is 4.56. The second kappa shape index (κ2) is 6.94. The largest absolute Gasteiger partial charge is 0.411 e. The third-order valence-electron chi connectivity index (χ3n) is 2.73. The first kappa shape index (κ1) is 15.2. The van der Waals surface area contributed by atoms with Crippen molar-refractivity contribution in [1.82, 2.24) is 10.6 Å². The van der Waals surface area contributed by atoms with E-state index in [1.807, 2.05) is 0 Å². The van der Waals surface area contributed by atoms with Gasteiger partial charge in [-0.1, -0.05) is 0 Å². The average Bonchev–Trinajstić information content (AvgIpc) is 2.28. The highest BCUT2D eigenvalue weighted by Gasteiger charge is 2.28. The number of rotatable bonds is 5. The predicted octanol–water partition coefficient (Wildman–Crippen LogP) is 1.07. The van der Waals surface area contributed by atoms with Gasteiger partial charge in [0.25, 0.3) is 0 Å². The van der Waals surface area contributed by atoms with Crippen molar-refractivity contribution >= 4 is 5.91 Å². The maximum atomic E-state index is 11.8. The first-order valence-corrected chi connectivity index (χ1v) is 6.04. The third kappa shape index (κ3) is 6.20. The Hall–Kier alpha value is -0.820. The second-order valence-electron chi connectivity index (χ2n) is 4.56. The number of amides is 1. The standard InChI is InChI=1S/C11H19F3N2O2/c1-8(6-18-7-11(12,13)14)16-10(17)9-2-4-15-5-3-9/h8-9,15H,2-7H2,1H3,(H,16,17). The van der Waals surface area contributed by atoms with E-state index in [1.54, 1.807) is 6.92 Å². The molecule has 1 heterocycles. The lowest BCUT2D eigenvalue weighted by Gasteiger charge is -2.24. The van der Waals surface area contributed by atoms with E-state index in [0.717, 1.165) is 25.9 Å². The zero-order chi connectivity index (χ0) is 13.6. The van der Waals surface area contributed by atoms with E-state index in [2.05, 4.69) is 15.4 Å². The van der Waals surface area contributed by atoms with Gasteiger partial charge in [-0.15, -0.1) is 0 Å². The van der Waals surface area contributed by atoms with Crippen LogP contribution in [0.15, 0.2) is 0 Å². The Balaban J connectivity index is 2.18. The molecule has 1 rings (SSSR count). The molecule has 1 aliphatic rings. The molecule has 18 heavy (non-hydrogen) atoms. The number of ether oxygens (including phenoxy) is 1. The minimum atomic E-state index is -4.32. The Kier molecular flexibility index (Phi) is 5.87. The van der Waals surface area contributed by atoms with Crippen molar-refractivity contribution in [2.24, 2.45) is 5.92 Å². The van der Waals surface area contributed by atoms with Crippen LogP contribution in [0.3, 0.4) is 0 Å². The third-order valence-corrected chi connectivity index (χ3v) is 2.73. The number of hydrogen-bond acceptors (Lipinski definition) is 3. The van der Waals surface area contributed by atoms with Crippen LogP contribution in [0.1, 0.15) is 19.8 Å². The lowest BCUT2D eigenvalue weighted by molar-refractivity contribution is -0.175. The molecule has 106 valence electrons. The molecule has 1 saturated heterocycles. The van der Waals surface area contributed by atoms with Gasteiger partial charge in [-0.3, -0.25) is 4.79 Å². The molecule has 1 amide bonds. The molecule has 1 atom stereocenters. The Morgan fingerprint density at radius 3 is 2.61 bits per heavy atom. The molecule has 1 fully saturated rings. The van der Waals surface area contributed by atoms with E-state index in [4.69, 9.17) is 0 Å². The summed E-state index contributed by atoms with van der Waals surface area (Å²) in [7, 11) is 0. The number of carbonyl (C=O) groups excluding carboxylic acids is 1. The van der Waals surface area contributed by atoms with Gasteiger partial charge in [-0.2, -0.15) is 13.2 Å². The summed E-state index contributed by atoms with van der Waals surface area (Å²) in [4.78, 5) is 11.8. The van der Waals surface area contributed by atoms with Gasteiger partial charge in [0, 0.05) is 12.0 Å². The van der Waals surface area contributed by atoms with Gasteiger partial charge in [0.05, 0.1) is 6.61 Å². The number of alkyl halides is 3. The van der Waals surface area contributed by atoms with Gasteiger partial charge in [0.2, 0.25) is 5.91 Å². The van der Waals surface area contributed by atoms with Crippen LogP contribution in [0.5, 0.6) is 0 Å². The average molecular weight is 268 g/mol. The molecular weight excluding hydrogens is 249 g/mol. The van der Waals surface area contributed by atoms with Crippen molar-refractivity contribution in [3.05, 3.63) is 0 Å². The Bertz CT molecular complexity index is 266. The maximum absolute atomic E-state index is 11.8. The minimum Gasteiger partial charge on any atom is -0.370 e. The van der Waals surface area contributed by atoms with Crippen LogP contribution in [0.4, 0.5) is 13.2 Å². The summed E-state index contributed by atoms with van der Waals surface area (Å²) >= 11 is 0. The summed E-state index contributed by atoms with van der Waals surface area (Å²) in [5.74, 6) is -0.143. The van der Waals surface area contributed by atoms with Crippen LogP contribution in [0.25, 0.3) is 0 Å². The molecule has 0 aliphatic carbocycles. The normalized spacial score (nSPS) is 19.6. The Morgan fingerprint density at radius 1 is 1.44 bits per heavy atom. The molecule has 0 aromatic rings. The SMILES string of the molecule is CC(COCC(F)(F)F)NC(=O)C1CCNCC1. The molecular formula is C11H19F3N2O2.